The number of carbonyl (C=O) groups excluding carboxylic acids is 1. The van der Waals surface area contributed by atoms with E-state index in [1.807, 2.05) is 0 Å². The molecule has 0 aliphatic heterocycles. The van der Waals surface area contributed by atoms with Gasteiger partial charge in [-0.3, -0.25) is 4.79 Å². The Morgan fingerprint density at radius 1 is 1.25 bits per heavy atom. The molecule has 9 heteroatoms. The lowest BCUT2D eigenvalue weighted by atomic mass is 9.94. The second-order valence-electron chi connectivity index (χ2n) is 5.94. The van der Waals surface area contributed by atoms with Gasteiger partial charge in [0.05, 0.1) is 5.56 Å². The van der Waals surface area contributed by atoms with E-state index in [0.29, 0.717) is 12.3 Å². The minimum atomic E-state index is -4.59. The van der Waals surface area contributed by atoms with Crippen LogP contribution < -0.4 is 0 Å². The van der Waals surface area contributed by atoms with E-state index in [9.17, 15) is 26.4 Å². The van der Waals surface area contributed by atoms with Gasteiger partial charge in [0.2, 0.25) is 15.7 Å². The summed E-state index contributed by atoms with van der Waals surface area (Å²) in [7, 11) is -2.51. The van der Waals surface area contributed by atoms with Gasteiger partial charge in [-0.2, -0.15) is 13.2 Å². The van der Waals surface area contributed by atoms with Gasteiger partial charge >= 0.3 is 6.18 Å². The number of amides is 1. The molecule has 0 saturated heterocycles. The van der Waals surface area contributed by atoms with E-state index < -0.39 is 38.3 Å². The van der Waals surface area contributed by atoms with Crippen molar-refractivity contribution in [1.82, 2.24) is 9.88 Å². The molecule has 134 valence electrons. The fourth-order valence-electron chi connectivity index (χ4n) is 2.74. The van der Waals surface area contributed by atoms with Gasteiger partial charge in [0.15, 0.2) is 5.03 Å². The summed E-state index contributed by atoms with van der Waals surface area (Å²) in [6.45, 7) is 0. The molecule has 0 radical (unpaired) electrons. The Hall–Kier alpha value is -1.64. The van der Waals surface area contributed by atoms with Crippen LogP contribution in [-0.2, 0) is 20.8 Å². The number of aromatic nitrogens is 1. The van der Waals surface area contributed by atoms with Crippen LogP contribution in [0.3, 0.4) is 0 Å². The number of carbonyl (C=O) groups is 1. The number of sulfone groups is 1. The third-order valence-corrected chi connectivity index (χ3v) is 5.72. The van der Waals surface area contributed by atoms with Gasteiger partial charge in [-0.1, -0.05) is 19.3 Å². The third kappa shape index (κ3) is 4.46. The Morgan fingerprint density at radius 3 is 2.38 bits per heavy atom. The lowest BCUT2D eigenvalue weighted by Gasteiger charge is -2.31. The molecule has 5 nitrogen and oxygen atoms in total. The van der Waals surface area contributed by atoms with Crippen molar-refractivity contribution in [3.05, 3.63) is 23.9 Å². The van der Waals surface area contributed by atoms with E-state index in [1.54, 1.807) is 7.05 Å². The van der Waals surface area contributed by atoms with Crippen molar-refractivity contribution < 1.29 is 26.4 Å². The molecular formula is C15H19F3N2O3S. The van der Waals surface area contributed by atoms with Crippen LogP contribution in [0.25, 0.3) is 0 Å². The lowest BCUT2D eigenvalue weighted by Crippen LogP contribution is -2.41. The molecule has 1 aliphatic rings. The maximum absolute atomic E-state index is 12.5. The van der Waals surface area contributed by atoms with E-state index in [-0.39, 0.29) is 6.04 Å². The van der Waals surface area contributed by atoms with Crippen LogP contribution in [0.1, 0.15) is 37.7 Å². The van der Waals surface area contributed by atoms with Crippen LogP contribution >= 0.6 is 0 Å². The van der Waals surface area contributed by atoms with E-state index in [1.165, 1.54) is 4.90 Å². The van der Waals surface area contributed by atoms with E-state index in [2.05, 4.69) is 4.98 Å². The molecule has 1 saturated carbocycles. The number of nitrogens with zero attached hydrogens (tertiary/aromatic N) is 2. The molecule has 0 atom stereocenters. The Bertz CT molecular complexity index is 681. The van der Waals surface area contributed by atoms with Crippen molar-refractivity contribution in [3.8, 4) is 0 Å². The first kappa shape index (κ1) is 18.7. The summed E-state index contributed by atoms with van der Waals surface area (Å²) in [6.07, 6.45) is 0.632. The average Bonchev–Trinajstić information content (AvgIpc) is 2.54. The molecule has 1 aromatic heterocycles. The topological polar surface area (TPSA) is 67.3 Å². The predicted molar refractivity (Wildman–Crippen MR) is 80.9 cm³/mol. The van der Waals surface area contributed by atoms with Crippen LogP contribution in [0.4, 0.5) is 13.2 Å². The number of hydrogen-bond acceptors (Lipinski definition) is 4. The van der Waals surface area contributed by atoms with E-state index in [0.717, 1.165) is 38.2 Å². The monoisotopic (exact) mass is 364 g/mol. The normalized spacial score (nSPS) is 16.8. The van der Waals surface area contributed by atoms with Crippen molar-refractivity contribution in [2.24, 2.45) is 0 Å². The minimum absolute atomic E-state index is 0.0158. The second-order valence-corrected chi connectivity index (χ2v) is 7.87. The highest BCUT2D eigenvalue weighted by Gasteiger charge is 2.32. The van der Waals surface area contributed by atoms with Crippen LogP contribution in [-0.4, -0.2) is 43.1 Å². The highest BCUT2D eigenvalue weighted by molar-refractivity contribution is 7.92. The van der Waals surface area contributed by atoms with Gasteiger partial charge in [0.25, 0.3) is 0 Å². The van der Waals surface area contributed by atoms with Gasteiger partial charge in [-0.25, -0.2) is 13.4 Å². The standard InChI is InChI=1S/C15H19F3N2O3S/c1-20(12-5-3-2-4-6-12)14(21)10-24(22,23)13-8-7-11(9-19-13)15(16,17)18/h7-9,12H,2-6,10H2,1H3. The maximum atomic E-state index is 12.5. The smallest absolute Gasteiger partial charge is 0.342 e. The van der Waals surface area contributed by atoms with Crippen molar-refractivity contribution in [2.75, 3.05) is 12.8 Å². The zero-order chi connectivity index (χ0) is 18.0. The van der Waals surface area contributed by atoms with Crippen molar-refractivity contribution in [2.45, 2.75) is 49.3 Å². The zero-order valence-corrected chi connectivity index (χ0v) is 14.0. The first-order chi connectivity index (χ1) is 11.1. The third-order valence-electron chi connectivity index (χ3n) is 4.21. The summed E-state index contributed by atoms with van der Waals surface area (Å²) in [4.78, 5) is 17.0. The molecule has 0 aromatic carbocycles. The highest BCUT2D eigenvalue weighted by atomic mass is 32.2. The number of pyridine rings is 1. The molecule has 1 amide bonds. The van der Waals surface area contributed by atoms with Gasteiger partial charge < -0.3 is 4.90 Å². The number of hydrogen-bond donors (Lipinski definition) is 0. The average molecular weight is 364 g/mol. The molecule has 0 unspecified atom stereocenters. The molecule has 1 aliphatic carbocycles. The first-order valence-electron chi connectivity index (χ1n) is 7.63. The van der Waals surface area contributed by atoms with Crippen molar-refractivity contribution >= 4 is 15.7 Å². The van der Waals surface area contributed by atoms with Gasteiger partial charge in [0, 0.05) is 19.3 Å². The van der Waals surface area contributed by atoms with Crippen molar-refractivity contribution in [1.29, 1.82) is 0 Å². The second kappa shape index (κ2) is 7.08. The van der Waals surface area contributed by atoms with Crippen LogP contribution in [0, 0.1) is 0 Å². The quantitative estimate of drug-likeness (QED) is 0.824. The molecule has 0 spiro atoms. The van der Waals surface area contributed by atoms with Crippen molar-refractivity contribution in [3.63, 3.8) is 0 Å². The molecule has 24 heavy (non-hydrogen) atoms. The molecule has 1 heterocycles. The fourth-order valence-corrected chi connectivity index (χ4v) is 3.91. The fraction of sp³-hybridized carbons (Fsp3) is 0.600. The molecule has 1 fully saturated rings. The Morgan fingerprint density at radius 2 is 1.88 bits per heavy atom. The molecule has 1 aromatic rings. The molecule has 0 N–H and O–H groups in total. The Labute approximate surface area is 138 Å². The molecular weight excluding hydrogens is 345 g/mol. The van der Waals surface area contributed by atoms with Gasteiger partial charge in [-0.05, 0) is 25.0 Å². The summed E-state index contributed by atoms with van der Waals surface area (Å²) < 4.78 is 61.9. The Kier molecular flexibility index (Phi) is 5.52. The van der Waals surface area contributed by atoms with Crippen LogP contribution in [0.2, 0.25) is 0 Å². The lowest BCUT2D eigenvalue weighted by molar-refractivity contribution is -0.138. The minimum Gasteiger partial charge on any atom is -0.342 e. The van der Waals surface area contributed by atoms with Crippen LogP contribution in [0.15, 0.2) is 23.4 Å². The number of alkyl halides is 3. The van der Waals surface area contributed by atoms with Gasteiger partial charge in [-0.15, -0.1) is 0 Å². The summed E-state index contributed by atoms with van der Waals surface area (Å²) in [5.74, 6) is -1.36. The SMILES string of the molecule is CN(C(=O)CS(=O)(=O)c1ccc(C(F)(F)F)cn1)C1CCCCC1. The number of halogens is 3. The largest absolute Gasteiger partial charge is 0.417 e. The zero-order valence-electron chi connectivity index (χ0n) is 13.2. The molecule has 2 rings (SSSR count). The number of rotatable bonds is 4. The van der Waals surface area contributed by atoms with Crippen LogP contribution in [0.5, 0.6) is 0 Å². The summed E-state index contributed by atoms with van der Waals surface area (Å²) in [5, 5.41) is -0.527. The van der Waals surface area contributed by atoms with E-state index >= 15 is 0 Å². The highest BCUT2D eigenvalue weighted by Crippen LogP contribution is 2.29. The Balaban J connectivity index is 2.08. The summed E-state index contributed by atoms with van der Waals surface area (Å²) in [6, 6.07) is 1.45. The maximum Gasteiger partial charge on any atom is 0.417 e. The van der Waals surface area contributed by atoms with Gasteiger partial charge in [0.1, 0.15) is 5.75 Å². The predicted octanol–water partition coefficient (Wildman–Crippen LogP) is 2.67. The summed E-state index contributed by atoms with van der Waals surface area (Å²) in [5.41, 5.74) is -1.04. The first-order valence-corrected chi connectivity index (χ1v) is 9.28. The van der Waals surface area contributed by atoms with E-state index in [4.69, 9.17) is 0 Å². The summed E-state index contributed by atoms with van der Waals surface area (Å²) >= 11 is 0. The molecule has 0 bridgehead atoms.